The Balaban J connectivity index is 1.26. The van der Waals surface area contributed by atoms with Gasteiger partial charge in [0.05, 0.1) is 11.0 Å². The summed E-state index contributed by atoms with van der Waals surface area (Å²) in [7, 11) is 0. The highest BCUT2D eigenvalue weighted by atomic mass is 15.1. The maximum atomic E-state index is 3.75. The molecule has 0 atom stereocenters. The van der Waals surface area contributed by atoms with Crippen molar-refractivity contribution in [1.82, 2.24) is 4.57 Å². The van der Waals surface area contributed by atoms with Crippen molar-refractivity contribution in [2.45, 2.75) is 6.92 Å². The van der Waals surface area contributed by atoms with Crippen molar-refractivity contribution in [2.75, 3.05) is 4.90 Å². The second kappa shape index (κ2) is 12.4. The lowest BCUT2D eigenvalue weighted by Gasteiger charge is -2.26. The topological polar surface area (TPSA) is 8.17 Å². The Hall–Kier alpha value is -5.86. The van der Waals surface area contributed by atoms with Crippen LogP contribution in [-0.4, -0.2) is 4.57 Å². The fraction of sp³-hybridized carbons (Fsp3) is 0.0233. The quantitative estimate of drug-likeness (QED) is 0.163. The highest BCUT2D eigenvalue weighted by Gasteiger charge is 2.15. The van der Waals surface area contributed by atoms with Crippen molar-refractivity contribution < 1.29 is 0 Å². The maximum Gasteiger partial charge on any atom is 0.0541 e. The van der Waals surface area contributed by atoms with Gasteiger partial charge in [-0.2, -0.15) is 0 Å². The molecule has 2 nitrogen and oxygen atoms in total. The minimum absolute atomic E-state index is 1.11. The first-order chi connectivity index (χ1) is 22.2. The summed E-state index contributed by atoms with van der Waals surface area (Å²) < 4.78 is 2.36. The van der Waals surface area contributed by atoms with E-state index in [2.05, 4.69) is 181 Å². The maximum absolute atomic E-state index is 3.75. The van der Waals surface area contributed by atoms with Crippen LogP contribution < -0.4 is 4.90 Å². The van der Waals surface area contributed by atoms with Crippen molar-refractivity contribution >= 4 is 44.4 Å². The number of para-hydroxylation sites is 3. The van der Waals surface area contributed by atoms with Crippen LogP contribution in [0.15, 0.2) is 183 Å². The Morgan fingerprint density at radius 3 is 1.84 bits per heavy atom. The Bertz CT molecular complexity index is 2150. The van der Waals surface area contributed by atoms with Gasteiger partial charge in [-0.3, -0.25) is 0 Å². The van der Waals surface area contributed by atoms with E-state index in [1.807, 2.05) is 12.2 Å². The van der Waals surface area contributed by atoms with Crippen molar-refractivity contribution in [1.29, 1.82) is 0 Å². The molecule has 0 amide bonds. The van der Waals surface area contributed by atoms with Gasteiger partial charge >= 0.3 is 0 Å². The fourth-order valence-corrected chi connectivity index (χ4v) is 6.08. The van der Waals surface area contributed by atoms with Gasteiger partial charge < -0.3 is 9.47 Å². The zero-order valence-electron chi connectivity index (χ0n) is 25.3. The highest BCUT2D eigenvalue weighted by molar-refractivity contribution is 6.10. The van der Waals surface area contributed by atoms with Gasteiger partial charge in [0.2, 0.25) is 0 Å². The molecule has 0 spiro atoms. The van der Waals surface area contributed by atoms with E-state index in [9.17, 15) is 0 Å². The van der Waals surface area contributed by atoms with E-state index < -0.39 is 0 Å². The Morgan fingerprint density at radius 2 is 1.13 bits per heavy atom. The second-order valence-corrected chi connectivity index (χ2v) is 11.2. The van der Waals surface area contributed by atoms with Crippen molar-refractivity contribution in [3.05, 3.63) is 188 Å². The van der Waals surface area contributed by atoms with Crippen LogP contribution in [0.5, 0.6) is 0 Å². The van der Waals surface area contributed by atoms with Crippen LogP contribution in [0.4, 0.5) is 17.1 Å². The number of hydrogen-bond donors (Lipinski definition) is 0. The molecule has 0 saturated heterocycles. The van der Waals surface area contributed by atoms with Crippen LogP contribution in [0.2, 0.25) is 0 Å². The largest absolute Gasteiger partial charge is 0.311 e. The summed E-state index contributed by atoms with van der Waals surface area (Å²) in [5.41, 5.74) is 11.7. The molecule has 1 heterocycles. The molecule has 0 aliphatic heterocycles. The third-order valence-corrected chi connectivity index (χ3v) is 8.33. The number of fused-ring (bicyclic) bond motifs is 3. The first-order valence-electron chi connectivity index (χ1n) is 15.3. The molecule has 45 heavy (non-hydrogen) atoms. The molecule has 7 aromatic rings. The van der Waals surface area contributed by atoms with Gasteiger partial charge in [-0.1, -0.05) is 116 Å². The lowest BCUT2D eigenvalue weighted by Crippen LogP contribution is -2.09. The van der Waals surface area contributed by atoms with Crippen molar-refractivity contribution in [2.24, 2.45) is 0 Å². The average Bonchev–Trinajstić information content (AvgIpc) is 3.44. The first kappa shape index (κ1) is 27.9. The van der Waals surface area contributed by atoms with Gasteiger partial charge in [0.15, 0.2) is 0 Å². The molecule has 7 rings (SSSR count). The third kappa shape index (κ3) is 5.50. The molecule has 0 aliphatic rings. The van der Waals surface area contributed by atoms with Crippen LogP contribution in [0, 0.1) is 0 Å². The lowest BCUT2D eigenvalue weighted by atomic mass is 10.0. The van der Waals surface area contributed by atoms with Gasteiger partial charge in [0.1, 0.15) is 0 Å². The van der Waals surface area contributed by atoms with Gasteiger partial charge in [-0.25, -0.2) is 0 Å². The van der Waals surface area contributed by atoms with Crippen LogP contribution in [0.3, 0.4) is 0 Å². The van der Waals surface area contributed by atoms with Gasteiger partial charge in [0.25, 0.3) is 0 Å². The van der Waals surface area contributed by atoms with E-state index in [-0.39, 0.29) is 0 Å². The Morgan fingerprint density at radius 1 is 0.556 bits per heavy atom. The molecule has 6 aromatic carbocycles. The standard InChI is InChI=1S/C43H34N2/c1-3-4-7-14-32(2)33-21-26-38(27-22-33)44(36-15-8-5-9-16-36)39-28-23-34(24-29-39)35-25-30-43-41(31-35)40-19-12-13-20-42(40)45(43)37-17-10-6-11-18-37/h3-31H,1H2,2H3/b7-4-,32-14+. The van der Waals surface area contributed by atoms with Gasteiger partial charge in [0, 0.05) is 33.5 Å². The predicted molar refractivity (Wildman–Crippen MR) is 194 cm³/mol. The smallest absolute Gasteiger partial charge is 0.0541 e. The summed E-state index contributed by atoms with van der Waals surface area (Å²) in [4.78, 5) is 2.31. The van der Waals surface area contributed by atoms with E-state index in [1.165, 1.54) is 49.8 Å². The van der Waals surface area contributed by atoms with Crippen LogP contribution >= 0.6 is 0 Å². The van der Waals surface area contributed by atoms with Crippen molar-refractivity contribution in [3.8, 4) is 16.8 Å². The summed E-state index contributed by atoms with van der Waals surface area (Å²) in [5.74, 6) is 0. The van der Waals surface area contributed by atoms with Crippen LogP contribution in [0.25, 0.3) is 44.2 Å². The molecule has 0 unspecified atom stereocenters. The minimum atomic E-state index is 1.11. The number of aromatic nitrogens is 1. The Kier molecular flexibility index (Phi) is 7.70. The molecule has 216 valence electrons. The lowest BCUT2D eigenvalue weighted by molar-refractivity contribution is 1.18. The van der Waals surface area contributed by atoms with E-state index in [0.717, 1.165) is 17.1 Å². The van der Waals surface area contributed by atoms with E-state index in [0.29, 0.717) is 0 Å². The second-order valence-electron chi connectivity index (χ2n) is 11.2. The molecule has 0 radical (unpaired) electrons. The number of nitrogens with zero attached hydrogens (tertiary/aromatic N) is 2. The molecule has 0 bridgehead atoms. The molecule has 0 saturated carbocycles. The first-order valence-corrected chi connectivity index (χ1v) is 15.3. The zero-order chi connectivity index (χ0) is 30.6. The summed E-state index contributed by atoms with van der Waals surface area (Å²) >= 11 is 0. The van der Waals surface area contributed by atoms with Crippen LogP contribution in [0.1, 0.15) is 12.5 Å². The number of hydrogen-bond acceptors (Lipinski definition) is 1. The molecule has 0 aliphatic carbocycles. The van der Waals surface area contributed by atoms with E-state index in [4.69, 9.17) is 0 Å². The third-order valence-electron chi connectivity index (χ3n) is 8.33. The van der Waals surface area contributed by atoms with Gasteiger partial charge in [-0.15, -0.1) is 0 Å². The SMILES string of the molecule is C=C/C=C\C=C(/C)c1ccc(N(c2ccccc2)c2ccc(-c3ccc4c(c3)c3ccccc3n4-c3ccccc3)cc2)cc1. The van der Waals surface area contributed by atoms with Crippen molar-refractivity contribution in [3.63, 3.8) is 0 Å². The monoisotopic (exact) mass is 578 g/mol. The van der Waals surface area contributed by atoms with E-state index >= 15 is 0 Å². The molecule has 0 N–H and O–H groups in total. The highest BCUT2D eigenvalue weighted by Crippen LogP contribution is 2.38. The summed E-state index contributed by atoms with van der Waals surface area (Å²) in [6.45, 7) is 5.88. The minimum Gasteiger partial charge on any atom is -0.311 e. The molecular weight excluding hydrogens is 544 g/mol. The molecule has 1 aromatic heterocycles. The van der Waals surface area contributed by atoms with Crippen LogP contribution in [-0.2, 0) is 0 Å². The average molecular weight is 579 g/mol. The number of benzene rings is 6. The zero-order valence-corrected chi connectivity index (χ0v) is 25.3. The fourth-order valence-electron chi connectivity index (χ4n) is 6.08. The number of anilines is 3. The molecule has 2 heteroatoms. The number of allylic oxidation sites excluding steroid dienone is 5. The summed E-state index contributed by atoms with van der Waals surface area (Å²) in [6.07, 6.45) is 7.87. The molecular formula is C43H34N2. The summed E-state index contributed by atoms with van der Waals surface area (Å²) in [5, 5.41) is 2.52. The Labute approximate surface area is 265 Å². The van der Waals surface area contributed by atoms with Gasteiger partial charge in [-0.05, 0) is 95.9 Å². The number of rotatable bonds is 8. The normalized spacial score (nSPS) is 11.8. The van der Waals surface area contributed by atoms with E-state index in [1.54, 1.807) is 6.08 Å². The summed E-state index contributed by atoms with van der Waals surface area (Å²) in [6, 6.07) is 54.3. The predicted octanol–water partition coefficient (Wildman–Crippen LogP) is 12.1. The molecule has 0 fully saturated rings.